The van der Waals surface area contributed by atoms with Gasteiger partial charge < -0.3 is 5.11 Å². The van der Waals surface area contributed by atoms with Crippen LogP contribution in [0.15, 0.2) is 24.8 Å². The summed E-state index contributed by atoms with van der Waals surface area (Å²) in [5.41, 5.74) is 1.88. The molecular weight excluding hydrogens is 256 g/mol. The van der Waals surface area contributed by atoms with E-state index in [2.05, 4.69) is 40.9 Å². The number of aliphatic hydroxyl groups is 1. The van der Waals surface area contributed by atoms with Crippen molar-refractivity contribution in [1.29, 1.82) is 0 Å². The second-order valence-corrected chi connectivity index (χ2v) is 8.57. The quantitative estimate of drug-likeness (QED) is 0.691. The van der Waals surface area contributed by atoms with E-state index in [0.29, 0.717) is 28.6 Å². The average Bonchev–Trinajstić information content (AvgIpc) is 2.41. The highest BCUT2D eigenvalue weighted by Crippen LogP contribution is 2.62. The lowest BCUT2D eigenvalue weighted by atomic mass is 9.45. The molecule has 5 atom stereocenters. The maximum Gasteiger partial charge on any atom is 0.0571 e. The molecule has 1 heteroatoms. The van der Waals surface area contributed by atoms with E-state index in [1.807, 2.05) is 6.08 Å². The summed E-state index contributed by atoms with van der Waals surface area (Å²) in [5.74, 6) is 1.65. The van der Waals surface area contributed by atoms with Gasteiger partial charge in [-0.1, -0.05) is 58.9 Å². The Kier molecular flexibility index (Phi) is 4.73. The minimum Gasteiger partial charge on any atom is -0.393 e. The molecule has 2 fully saturated rings. The predicted octanol–water partition coefficient (Wildman–Crippen LogP) is 5.36. The van der Waals surface area contributed by atoms with Crippen molar-refractivity contribution in [3.05, 3.63) is 24.8 Å². The Morgan fingerprint density at radius 1 is 1.29 bits per heavy atom. The van der Waals surface area contributed by atoms with Crippen molar-refractivity contribution in [1.82, 2.24) is 0 Å². The summed E-state index contributed by atoms with van der Waals surface area (Å²) in [7, 11) is 0. The highest BCUT2D eigenvalue weighted by atomic mass is 16.3. The average molecular weight is 290 g/mol. The first-order valence-corrected chi connectivity index (χ1v) is 8.70. The fraction of sp³-hybridized carbons (Fsp3) is 0.800. The van der Waals surface area contributed by atoms with E-state index >= 15 is 0 Å². The van der Waals surface area contributed by atoms with Crippen LogP contribution in [-0.2, 0) is 0 Å². The molecule has 0 bridgehead atoms. The molecule has 0 aromatic heterocycles. The van der Waals surface area contributed by atoms with Gasteiger partial charge in [0.15, 0.2) is 0 Å². The van der Waals surface area contributed by atoms with Crippen molar-refractivity contribution in [3.63, 3.8) is 0 Å². The minimum atomic E-state index is -0.137. The smallest absolute Gasteiger partial charge is 0.0571 e. The molecule has 0 amide bonds. The van der Waals surface area contributed by atoms with Gasteiger partial charge in [0.1, 0.15) is 0 Å². The van der Waals surface area contributed by atoms with Crippen LogP contribution in [-0.4, -0.2) is 11.2 Å². The van der Waals surface area contributed by atoms with E-state index in [1.54, 1.807) is 0 Å². The summed E-state index contributed by atoms with van der Waals surface area (Å²) in [4.78, 5) is 0. The number of hydrogen-bond donors (Lipinski definition) is 1. The highest BCUT2D eigenvalue weighted by Gasteiger charge is 2.55. The lowest BCUT2D eigenvalue weighted by Gasteiger charge is -2.60. The van der Waals surface area contributed by atoms with Crippen molar-refractivity contribution in [2.45, 2.75) is 72.3 Å². The zero-order valence-corrected chi connectivity index (χ0v) is 14.5. The van der Waals surface area contributed by atoms with Crippen LogP contribution in [0.2, 0.25) is 0 Å². The fourth-order valence-electron chi connectivity index (χ4n) is 5.56. The highest BCUT2D eigenvalue weighted by molar-refractivity contribution is 5.12. The molecule has 1 nitrogen and oxygen atoms in total. The van der Waals surface area contributed by atoms with E-state index in [0.717, 1.165) is 24.8 Å². The van der Waals surface area contributed by atoms with Crippen molar-refractivity contribution < 1.29 is 5.11 Å². The predicted molar refractivity (Wildman–Crippen MR) is 91.1 cm³/mol. The van der Waals surface area contributed by atoms with Gasteiger partial charge in [-0.3, -0.25) is 0 Å². The molecule has 21 heavy (non-hydrogen) atoms. The van der Waals surface area contributed by atoms with Gasteiger partial charge in [0, 0.05) is 0 Å². The summed E-state index contributed by atoms with van der Waals surface area (Å²) in [6.45, 7) is 17.5. The van der Waals surface area contributed by atoms with Crippen molar-refractivity contribution >= 4 is 0 Å². The second kappa shape index (κ2) is 5.91. The number of allylic oxidation sites excluding steroid dienone is 2. The van der Waals surface area contributed by atoms with E-state index in [4.69, 9.17) is 0 Å². The van der Waals surface area contributed by atoms with Gasteiger partial charge in [-0.2, -0.15) is 0 Å². The molecule has 0 aliphatic heterocycles. The number of rotatable bonds is 4. The molecule has 2 aliphatic carbocycles. The molecule has 120 valence electrons. The van der Waals surface area contributed by atoms with Gasteiger partial charge in [-0.05, 0) is 60.7 Å². The van der Waals surface area contributed by atoms with Crippen LogP contribution in [0, 0.1) is 28.6 Å². The van der Waals surface area contributed by atoms with E-state index in [1.165, 1.54) is 19.3 Å². The fourth-order valence-corrected chi connectivity index (χ4v) is 5.56. The van der Waals surface area contributed by atoms with Crippen molar-refractivity contribution in [2.75, 3.05) is 0 Å². The largest absolute Gasteiger partial charge is 0.393 e. The van der Waals surface area contributed by atoms with Crippen LogP contribution in [0.5, 0.6) is 0 Å². The Morgan fingerprint density at radius 2 is 1.95 bits per heavy atom. The SMILES string of the molecule is C=CC(=C)CCC1C(C)C(O)CC2C(C)(C)CCCC12C. The van der Waals surface area contributed by atoms with Crippen LogP contribution < -0.4 is 0 Å². The Morgan fingerprint density at radius 3 is 2.57 bits per heavy atom. The lowest BCUT2D eigenvalue weighted by molar-refractivity contribution is -0.141. The molecule has 0 spiro atoms. The summed E-state index contributed by atoms with van der Waals surface area (Å²) in [5, 5.41) is 10.6. The van der Waals surface area contributed by atoms with Crippen molar-refractivity contribution in [3.8, 4) is 0 Å². The van der Waals surface area contributed by atoms with Gasteiger partial charge >= 0.3 is 0 Å². The summed E-state index contributed by atoms with van der Waals surface area (Å²) >= 11 is 0. The first kappa shape index (κ1) is 16.8. The van der Waals surface area contributed by atoms with Crippen LogP contribution in [0.25, 0.3) is 0 Å². The summed E-state index contributed by atoms with van der Waals surface area (Å²) < 4.78 is 0. The number of hydrogen-bond acceptors (Lipinski definition) is 1. The minimum absolute atomic E-state index is 0.137. The third-order valence-corrected chi connectivity index (χ3v) is 6.91. The van der Waals surface area contributed by atoms with Crippen LogP contribution in [0.1, 0.15) is 66.2 Å². The zero-order chi connectivity index (χ0) is 15.8. The first-order chi connectivity index (χ1) is 9.72. The van der Waals surface area contributed by atoms with Gasteiger partial charge in [-0.25, -0.2) is 0 Å². The molecular formula is C20H34O. The van der Waals surface area contributed by atoms with Crippen LogP contribution >= 0.6 is 0 Å². The zero-order valence-electron chi connectivity index (χ0n) is 14.5. The lowest BCUT2D eigenvalue weighted by Crippen LogP contribution is -2.55. The molecule has 0 saturated heterocycles. The molecule has 0 radical (unpaired) electrons. The second-order valence-electron chi connectivity index (χ2n) is 8.57. The third kappa shape index (κ3) is 2.99. The molecule has 0 aromatic rings. The van der Waals surface area contributed by atoms with Gasteiger partial charge in [0.25, 0.3) is 0 Å². The molecule has 2 saturated carbocycles. The third-order valence-electron chi connectivity index (χ3n) is 6.91. The maximum absolute atomic E-state index is 10.6. The molecule has 2 rings (SSSR count). The number of aliphatic hydroxyl groups excluding tert-OH is 1. The summed E-state index contributed by atoms with van der Waals surface area (Å²) in [6, 6.07) is 0. The van der Waals surface area contributed by atoms with Gasteiger partial charge in [-0.15, -0.1) is 0 Å². The van der Waals surface area contributed by atoms with Crippen LogP contribution in [0.3, 0.4) is 0 Å². The number of fused-ring (bicyclic) bond motifs is 1. The van der Waals surface area contributed by atoms with Crippen LogP contribution in [0.4, 0.5) is 0 Å². The van der Waals surface area contributed by atoms with Gasteiger partial charge in [0.2, 0.25) is 0 Å². The Labute approximate surface area is 131 Å². The Bertz CT molecular complexity index is 408. The molecule has 0 aromatic carbocycles. The normalized spacial score (nSPS) is 42.1. The maximum atomic E-state index is 10.6. The van der Waals surface area contributed by atoms with E-state index < -0.39 is 0 Å². The summed E-state index contributed by atoms with van der Waals surface area (Å²) in [6.07, 6.45) is 8.87. The molecule has 2 aliphatic rings. The monoisotopic (exact) mass is 290 g/mol. The topological polar surface area (TPSA) is 20.2 Å². The standard InChI is InChI=1S/C20H34O/c1-7-14(2)9-10-16-15(3)17(21)13-18-19(4,5)11-8-12-20(16,18)6/h7,15-18,21H,1-2,8-13H2,3-6H3. The molecule has 5 unspecified atom stereocenters. The van der Waals surface area contributed by atoms with Crippen molar-refractivity contribution in [2.24, 2.45) is 28.6 Å². The molecule has 1 N–H and O–H groups in total. The Hall–Kier alpha value is -0.560. The molecule has 0 heterocycles. The van der Waals surface area contributed by atoms with E-state index in [-0.39, 0.29) is 6.10 Å². The Balaban J connectivity index is 2.26. The van der Waals surface area contributed by atoms with E-state index in [9.17, 15) is 5.11 Å². The van der Waals surface area contributed by atoms with Gasteiger partial charge in [0.05, 0.1) is 6.10 Å². The first-order valence-electron chi connectivity index (χ1n) is 8.70.